The van der Waals surface area contributed by atoms with Crippen LogP contribution in [0, 0.1) is 18.2 Å². The van der Waals surface area contributed by atoms with Crippen LogP contribution in [0.2, 0.25) is 0 Å². The molecular weight excluding hydrogens is 219 g/mol. The van der Waals surface area contributed by atoms with Crippen LogP contribution in [0.4, 0.5) is 4.39 Å². The van der Waals surface area contributed by atoms with Crippen molar-refractivity contribution in [2.24, 2.45) is 0 Å². The van der Waals surface area contributed by atoms with Gasteiger partial charge in [-0.25, -0.2) is 17.5 Å². The minimum Gasteiger partial charge on any atom is -0.260 e. The van der Waals surface area contributed by atoms with Gasteiger partial charge in [-0.1, -0.05) is 0 Å². The van der Waals surface area contributed by atoms with E-state index < -0.39 is 15.8 Å². The Bertz CT molecular complexity index is 479. The second kappa shape index (κ2) is 4.87. The molecule has 0 aliphatic carbocycles. The van der Waals surface area contributed by atoms with E-state index in [0.717, 1.165) is 18.5 Å². The zero-order valence-electron chi connectivity index (χ0n) is 7.77. The average molecular weight is 228 g/mol. The second-order valence-electron chi connectivity index (χ2n) is 2.69. The molecule has 0 aromatic carbocycles. The molecule has 1 rings (SSSR count). The van der Waals surface area contributed by atoms with Crippen molar-refractivity contribution in [1.82, 2.24) is 9.71 Å². The van der Waals surface area contributed by atoms with Crippen LogP contribution in [0.25, 0.3) is 0 Å². The van der Waals surface area contributed by atoms with Crippen LogP contribution in [-0.2, 0) is 10.0 Å². The van der Waals surface area contributed by atoms with Crippen LogP contribution in [-0.4, -0.2) is 19.9 Å². The molecule has 0 aliphatic heterocycles. The number of aromatic nitrogens is 1. The van der Waals surface area contributed by atoms with Crippen molar-refractivity contribution in [2.45, 2.75) is 11.3 Å². The minimum absolute atomic E-state index is 0.120. The molecule has 1 aromatic rings. The first-order valence-corrected chi connectivity index (χ1v) is 5.58. The number of nitrogens with one attached hydrogen (secondary N) is 1. The summed E-state index contributed by atoms with van der Waals surface area (Å²) in [7, 11) is -3.70. The summed E-state index contributed by atoms with van der Waals surface area (Å²) >= 11 is 0. The van der Waals surface area contributed by atoms with Crippen LogP contribution >= 0.6 is 0 Å². The maximum Gasteiger partial charge on any atom is 0.242 e. The lowest BCUT2D eigenvalue weighted by molar-refractivity contribution is 0.576. The Morgan fingerprint density at radius 1 is 1.53 bits per heavy atom. The molecule has 4 nitrogen and oxygen atoms in total. The normalized spacial score (nSPS) is 10.9. The standard InChI is InChI=1S/C9H9FN2O2S/c1-2-3-4-12-15(13,14)9-5-8(10)6-11-7-9/h1,5-7,12H,3-4H2. The van der Waals surface area contributed by atoms with Crippen molar-refractivity contribution < 1.29 is 12.8 Å². The Labute approximate surface area is 87.6 Å². The summed E-state index contributed by atoms with van der Waals surface area (Å²) in [5, 5.41) is 0. The van der Waals surface area contributed by atoms with Gasteiger partial charge in [0.1, 0.15) is 10.7 Å². The van der Waals surface area contributed by atoms with Crippen LogP contribution in [0.1, 0.15) is 6.42 Å². The first kappa shape index (κ1) is 11.6. The molecule has 15 heavy (non-hydrogen) atoms. The van der Waals surface area contributed by atoms with E-state index in [2.05, 4.69) is 15.6 Å². The van der Waals surface area contributed by atoms with Gasteiger partial charge in [0.15, 0.2) is 0 Å². The maximum absolute atomic E-state index is 12.7. The van der Waals surface area contributed by atoms with Crippen molar-refractivity contribution in [3.63, 3.8) is 0 Å². The molecular formula is C9H9FN2O2S. The van der Waals surface area contributed by atoms with Gasteiger partial charge in [-0.05, 0) is 6.07 Å². The summed E-state index contributed by atoms with van der Waals surface area (Å²) in [4.78, 5) is 3.24. The molecule has 0 atom stereocenters. The Balaban J connectivity index is 2.83. The highest BCUT2D eigenvalue weighted by molar-refractivity contribution is 7.89. The molecule has 1 aromatic heterocycles. The summed E-state index contributed by atoms with van der Waals surface area (Å²) in [6.45, 7) is 0.120. The van der Waals surface area contributed by atoms with E-state index in [9.17, 15) is 12.8 Å². The first-order chi connectivity index (χ1) is 7.06. The number of rotatable bonds is 4. The lowest BCUT2D eigenvalue weighted by Crippen LogP contribution is -2.24. The van der Waals surface area contributed by atoms with Gasteiger partial charge in [-0.15, -0.1) is 12.3 Å². The fraction of sp³-hybridized carbons (Fsp3) is 0.222. The molecule has 0 spiro atoms. The third-order valence-electron chi connectivity index (χ3n) is 1.55. The number of nitrogens with zero attached hydrogens (tertiary/aromatic N) is 1. The van der Waals surface area contributed by atoms with Gasteiger partial charge >= 0.3 is 0 Å². The number of halogens is 1. The molecule has 0 saturated carbocycles. The smallest absolute Gasteiger partial charge is 0.242 e. The Morgan fingerprint density at radius 3 is 2.87 bits per heavy atom. The number of terminal acetylenes is 1. The monoisotopic (exact) mass is 228 g/mol. The highest BCUT2D eigenvalue weighted by Crippen LogP contribution is 2.07. The Hall–Kier alpha value is -1.45. The maximum atomic E-state index is 12.7. The van der Waals surface area contributed by atoms with Gasteiger partial charge in [-0.2, -0.15) is 0 Å². The highest BCUT2D eigenvalue weighted by atomic mass is 32.2. The summed E-state index contributed by atoms with van der Waals surface area (Å²) < 4.78 is 37.9. The predicted molar refractivity (Wildman–Crippen MR) is 52.8 cm³/mol. The van der Waals surface area contributed by atoms with Gasteiger partial charge < -0.3 is 0 Å². The number of hydrogen-bond donors (Lipinski definition) is 1. The zero-order valence-corrected chi connectivity index (χ0v) is 8.59. The number of sulfonamides is 1. The van der Waals surface area contributed by atoms with Gasteiger partial charge in [-0.3, -0.25) is 4.98 Å². The van der Waals surface area contributed by atoms with Crippen LogP contribution in [0.3, 0.4) is 0 Å². The molecule has 0 aliphatic rings. The van der Waals surface area contributed by atoms with Crippen LogP contribution in [0.15, 0.2) is 23.4 Å². The number of hydrogen-bond acceptors (Lipinski definition) is 3. The van der Waals surface area contributed by atoms with E-state index in [1.54, 1.807) is 0 Å². The van der Waals surface area contributed by atoms with E-state index >= 15 is 0 Å². The van der Waals surface area contributed by atoms with Crippen molar-refractivity contribution in [2.75, 3.05) is 6.54 Å². The Morgan fingerprint density at radius 2 is 2.27 bits per heavy atom. The topological polar surface area (TPSA) is 59.1 Å². The van der Waals surface area contributed by atoms with Crippen molar-refractivity contribution in [1.29, 1.82) is 0 Å². The molecule has 0 amide bonds. The quantitative estimate of drug-likeness (QED) is 0.604. The second-order valence-corrected chi connectivity index (χ2v) is 4.46. The molecule has 1 N–H and O–H groups in total. The highest BCUT2D eigenvalue weighted by Gasteiger charge is 2.13. The molecule has 80 valence electrons. The lowest BCUT2D eigenvalue weighted by Gasteiger charge is -2.04. The molecule has 0 radical (unpaired) electrons. The van der Waals surface area contributed by atoms with E-state index in [4.69, 9.17) is 6.42 Å². The zero-order chi connectivity index (χ0) is 11.3. The minimum atomic E-state index is -3.70. The lowest BCUT2D eigenvalue weighted by atomic mass is 10.5. The number of pyridine rings is 1. The third kappa shape index (κ3) is 3.31. The molecule has 0 unspecified atom stereocenters. The summed E-state index contributed by atoms with van der Waals surface area (Å²) in [5.41, 5.74) is 0. The van der Waals surface area contributed by atoms with Crippen LogP contribution in [0.5, 0.6) is 0 Å². The SMILES string of the molecule is C#CCCNS(=O)(=O)c1cncc(F)c1. The van der Waals surface area contributed by atoms with Gasteiger partial charge in [0.2, 0.25) is 10.0 Å². The van der Waals surface area contributed by atoms with Crippen LogP contribution < -0.4 is 4.72 Å². The van der Waals surface area contributed by atoms with E-state index in [1.807, 2.05) is 0 Å². The predicted octanol–water partition coefficient (Wildman–Crippen LogP) is 0.522. The largest absolute Gasteiger partial charge is 0.260 e. The first-order valence-electron chi connectivity index (χ1n) is 4.10. The van der Waals surface area contributed by atoms with E-state index in [-0.39, 0.29) is 17.9 Å². The van der Waals surface area contributed by atoms with Gasteiger partial charge in [0, 0.05) is 19.2 Å². The van der Waals surface area contributed by atoms with Crippen molar-refractivity contribution in [3.8, 4) is 12.3 Å². The summed E-state index contributed by atoms with van der Waals surface area (Å²) in [6.07, 6.45) is 7.24. The molecule has 6 heteroatoms. The van der Waals surface area contributed by atoms with Gasteiger partial charge in [0.25, 0.3) is 0 Å². The summed E-state index contributed by atoms with van der Waals surface area (Å²) in [5.74, 6) is 1.59. The summed E-state index contributed by atoms with van der Waals surface area (Å²) in [6, 6.07) is 0.894. The fourth-order valence-corrected chi connectivity index (χ4v) is 1.89. The Kier molecular flexibility index (Phi) is 3.77. The molecule has 1 heterocycles. The third-order valence-corrected chi connectivity index (χ3v) is 2.98. The molecule has 0 bridgehead atoms. The fourth-order valence-electron chi connectivity index (χ4n) is 0.880. The average Bonchev–Trinajstić information content (AvgIpc) is 2.18. The van der Waals surface area contributed by atoms with E-state index in [0.29, 0.717) is 0 Å². The van der Waals surface area contributed by atoms with Crippen molar-refractivity contribution >= 4 is 10.0 Å². The van der Waals surface area contributed by atoms with Crippen molar-refractivity contribution in [3.05, 3.63) is 24.3 Å². The molecule has 0 saturated heterocycles. The molecule has 0 fully saturated rings. The van der Waals surface area contributed by atoms with Gasteiger partial charge in [0.05, 0.1) is 6.20 Å². The van der Waals surface area contributed by atoms with E-state index in [1.165, 1.54) is 0 Å².